The highest BCUT2D eigenvalue weighted by molar-refractivity contribution is 5.21. The molecule has 0 N–H and O–H groups in total. The van der Waals surface area contributed by atoms with Crippen molar-refractivity contribution in [3.05, 3.63) is 91.5 Å². The minimum Gasteiger partial charge on any atom is -0.462 e. The van der Waals surface area contributed by atoms with Crippen molar-refractivity contribution in [3.63, 3.8) is 0 Å². The van der Waals surface area contributed by atoms with Gasteiger partial charge in [-0.05, 0) is 12.1 Å². The highest BCUT2D eigenvalue weighted by Crippen LogP contribution is 2.37. The summed E-state index contributed by atoms with van der Waals surface area (Å²) in [6.45, 7) is 8.56. The van der Waals surface area contributed by atoms with E-state index in [1.165, 1.54) is 0 Å². The molecule has 0 amide bonds. The second-order valence-corrected chi connectivity index (χ2v) is 7.32. The Kier molecular flexibility index (Phi) is 7.51. The average molecular weight is 424 g/mol. The molecule has 0 aliphatic carbocycles. The lowest BCUT2D eigenvalue weighted by Crippen LogP contribution is -2.64. The van der Waals surface area contributed by atoms with Crippen LogP contribution < -0.4 is 4.74 Å². The van der Waals surface area contributed by atoms with E-state index in [9.17, 15) is 0 Å². The molecule has 2 fully saturated rings. The van der Waals surface area contributed by atoms with Gasteiger partial charge in [-0.25, -0.2) is 0 Å². The zero-order chi connectivity index (χ0) is 21.5. The van der Waals surface area contributed by atoms with Crippen LogP contribution in [-0.4, -0.2) is 50.5 Å². The SMILES string of the molecule is C=CCO[C@@H]1[C@@H](OCC=C)[C@H](Oc2ccccc2)O[C@@H]2COC(c3ccccc3)O[C@@H]12. The van der Waals surface area contributed by atoms with Crippen molar-refractivity contribution in [2.45, 2.75) is 37.0 Å². The Hall–Kier alpha value is -2.48. The summed E-state index contributed by atoms with van der Waals surface area (Å²) in [5, 5.41) is 0. The molecule has 2 aromatic carbocycles. The van der Waals surface area contributed by atoms with Gasteiger partial charge in [0.2, 0.25) is 6.29 Å². The first kappa shape index (κ1) is 21.7. The van der Waals surface area contributed by atoms with Crippen LogP contribution >= 0.6 is 0 Å². The van der Waals surface area contributed by atoms with Gasteiger partial charge < -0.3 is 28.4 Å². The van der Waals surface area contributed by atoms with Crippen LogP contribution in [0.25, 0.3) is 0 Å². The van der Waals surface area contributed by atoms with Crippen LogP contribution in [0.4, 0.5) is 0 Å². The topological polar surface area (TPSA) is 55.4 Å². The fraction of sp³-hybridized carbons (Fsp3) is 0.360. The lowest BCUT2D eigenvalue weighted by molar-refractivity contribution is -0.357. The lowest BCUT2D eigenvalue weighted by atomic mass is 9.97. The Balaban J connectivity index is 1.58. The summed E-state index contributed by atoms with van der Waals surface area (Å²) in [7, 11) is 0. The van der Waals surface area contributed by atoms with Crippen molar-refractivity contribution >= 4 is 0 Å². The molecule has 0 bridgehead atoms. The Bertz CT molecular complexity index is 826. The maximum Gasteiger partial charge on any atom is 0.229 e. The molecule has 2 heterocycles. The number of benzene rings is 2. The molecule has 6 atom stereocenters. The van der Waals surface area contributed by atoms with Crippen LogP contribution in [-0.2, 0) is 23.7 Å². The minimum atomic E-state index is -0.695. The third kappa shape index (κ3) is 5.23. The van der Waals surface area contributed by atoms with Crippen molar-refractivity contribution in [3.8, 4) is 5.75 Å². The van der Waals surface area contributed by atoms with Crippen molar-refractivity contribution in [2.75, 3.05) is 19.8 Å². The Labute approximate surface area is 183 Å². The number of rotatable bonds is 9. The van der Waals surface area contributed by atoms with E-state index in [0.29, 0.717) is 25.6 Å². The molecular formula is C25H28O6. The van der Waals surface area contributed by atoms with Gasteiger partial charge in [0.05, 0.1) is 19.8 Å². The number of para-hydroxylation sites is 1. The molecule has 0 radical (unpaired) electrons. The number of fused-ring (bicyclic) bond motifs is 1. The van der Waals surface area contributed by atoms with E-state index in [1.807, 2.05) is 60.7 Å². The molecule has 2 aliphatic heterocycles. The second kappa shape index (κ2) is 10.7. The van der Waals surface area contributed by atoms with Gasteiger partial charge in [0, 0.05) is 5.56 Å². The summed E-state index contributed by atoms with van der Waals surface area (Å²) >= 11 is 0. The normalized spacial score (nSPS) is 30.2. The van der Waals surface area contributed by atoms with E-state index in [-0.39, 0.29) is 6.10 Å². The zero-order valence-corrected chi connectivity index (χ0v) is 17.4. The van der Waals surface area contributed by atoms with Crippen molar-refractivity contribution in [1.29, 1.82) is 0 Å². The molecule has 0 spiro atoms. The van der Waals surface area contributed by atoms with E-state index < -0.39 is 30.9 Å². The summed E-state index contributed by atoms with van der Waals surface area (Å²) < 4.78 is 36.9. The van der Waals surface area contributed by atoms with Crippen LogP contribution in [0.1, 0.15) is 11.9 Å². The summed E-state index contributed by atoms with van der Waals surface area (Å²) in [5.74, 6) is 0.681. The first-order valence-corrected chi connectivity index (χ1v) is 10.4. The third-order valence-corrected chi connectivity index (χ3v) is 5.16. The molecule has 164 valence electrons. The van der Waals surface area contributed by atoms with Crippen molar-refractivity contribution < 1.29 is 28.4 Å². The van der Waals surface area contributed by atoms with E-state index in [4.69, 9.17) is 28.4 Å². The smallest absolute Gasteiger partial charge is 0.229 e. The number of hydrogen-bond acceptors (Lipinski definition) is 6. The van der Waals surface area contributed by atoms with Crippen LogP contribution in [0.15, 0.2) is 86.0 Å². The fourth-order valence-electron chi connectivity index (χ4n) is 3.78. The van der Waals surface area contributed by atoms with Gasteiger partial charge in [0.1, 0.15) is 30.2 Å². The molecule has 4 rings (SSSR count). The van der Waals surface area contributed by atoms with E-state index in [0.717, 1.165) is 5.56 Å². The molecular weight excluding hydrogens is 396 g/mol. The molecule has 2 aromatic rings. The van der Waals surface area contributed by atoms with Gasteiger partial charge in [-0.15, -0.1) is 13.2 Å². The van der Waals surface area contributed by atoms with Gasteiger partial charge in [-0.1, -0.05) is 60.7 Å². The van der Waals surface area contributed by atoms with E-state index >= 15 is 0 Å². The lowest BCUT2D eigenvalue weighted by Gasteiger charge is -2.48. The molecule has 2 aliphatic rings. The van der Waals surface area contributed by atoms with Crippen LogP contribution in [0.2, 0.25) is 0 Å². The first-order chi connectivity index (χ1) is 15.3. The highest BCUT2D eigenvalue weighted by Gasteiger charge is 2.52. The highest BCUT2D eigenvalue weighted by atomic mass is 16.8. The van der Waals surface area contributed by atoms with Crippen LogP contribution in [0.3, 0.4) is 0 Å². The zero-order valence-electron chi connectivity index (χ0n) is 17.4. The average Bonchev–Trinajstić information content (AvgIpc) is 2.82. The van der Waals surface area contributed by atoms with Crippen LogP contribution in [0.5, 0.6) is 5.75 Å². The quantitative estimate of drug-likeness (QED) is 0.566. The Morgan fingerprint density at radius 2 is 1.48 bits per heavy atom. The molecule has 0 aromatic heterocycles. The van der Waals surface area contributed by atoms with Crippen molar-refractivity contribution in [2.24, 2.45) is 0 Å². The van der Waals surface area contributed by atoms with Gasteiger partial charge in [-0.2, -0.15) is 0 Å². The van der Waals surface area contributed by atoms with Gasteiger partial charge >= 0.3 is 0 Å². The molecule has 31 heavy (non-hydrogen) atoms. The fourth-order valence-corrected chi connectivity index (χ4v) is 3.78. The predicted octanol–water partition coefficient (Wildman–Crippen LogP) is 4.05. The largest absolute Gasteiger partial charge is 0.462 e. The van der Waals surface area contributed by atoms with Gasteiger partial charge in [0.15, 0.2) is 6.29 Å². The molecule has 6 heteroatoms. The standard InChI is InChI=1S/C25H28O6/c1-3-15-26-22-21-20(17-28-24(31-21)18-11-7-5-8-12-18)30-25(23(22)27-16-4-2)29-19-13-9-6-10-14-19/h3-14,20-25H,1-2,15-17H2/t20-,21-,22+,23-,24?,25-/m1/s1. The number of hydrogen-bond donors (Lipinski definition) is 0. The summed E-state index contributed by atoms with van der Waals surface area (Å²) in [5.41, 5.74) is 0.939. The summed E-state index contributed by atoms with van der Waals surface area (Å²) in [4.78, 5) is 0. The maximum absolute atomic E-state index is 6.33. The van der Waals surface area contributed by atoms with E-state index in [1.54, 1.807) is 12.2 Å². The molecule has 1 unspecified atom stereocenters. The first-order valence-electron chi connectivity index (χ1n) is 10.4. The summed E-state index contributed by atoms with van der Waals surface area (Å²) in [6.07, 6.45) is 0.446. The van der Waals surface area contributed by atoms with Crippen LogP contribution in [0, 0.1) is 0 Å². The second-order valence-electron chi connectivity index (χ2n) is 7.32. The molecule has 6 nitrogen and oxygen atoms in total. The third-order valence-electron chi connectivity index (χ3n) is 5.16. The number of ether oxygens (including phenoxy) is 6. The predicted molar refractivity (Wildman–Crippen MR) is 116 cm³/mol. The van der Waals surface area contributed by atoms with Gasteiger partial charge in [0.25, 0.3) is 0 Å². The monoisotopic (exact) mass is 424 g/mol. The Morgan fingerprint density at radius 3 is 2.16 bits per heavy atom. The maximum atomic E-state index is 6.33. The van der Waals surface area contributed by atoms with Crippen molar-refractivity contribution in [1.82, 2.24) is 0 Å². The molecule has 0 saturated carbocycles. The summed E-state index contributed by atoms with van der Waals surface area (Å²) in [6, 6.07) is 19.3. The minimum absolute atomic E-state index is 0.326. The van der Waals surface area contributed by atoms with E-state index in [2.05, 4.69) is 13.2 Å². The molecule has 2 saturated heterocycles. The Morgan fingerprint density at radius 1 is 0.839 bits per heavy atom. The van der Waals surface area contributed by atoms with Gasteiger partial charge in [-0.3, -0.25) is 0 Å².